The van der Waals surface area contributed by atoms with Crippen LogP contribution in [0.4, 0.5) is 0 Å². The van der Waals surface area contributed by atoms with E-state index in [4.69, 9.17) is 9.15 Å². The van der Waals surface area contributed by atoms with Gasteiger partial charge in [-0.2, -0.15) is 0 Å². The summed E-state index contributed by atoms with van der Waals surface area (Å²) in [6.45, 7) is 2.49. The summed E-state index contributed by atoms with van der Waals surface area (Å²) >= 11 is 0. The number of nitrogens with zero attached hydrogens (tertiary/aromatic N) is 1. The molecule has 2 aromatic rings. The molecule has 0 bridgehead atoms. The van der Waals surface area contributed by atoms with E-state index in [0.29, 0.717) is 0 Å². The SMILES string of the molecule is CNCc1coc(CN(C)Cc2cccc(OC)c2)c1. The third kappa shape index (κ3) is 4.11. The molecule has 0 aliphatic carbocycles. The van der Waals surface area contributed by atoms with E-state index in [2.05, 4.69) is 35.5 Å². The maximum Gasteiger partial charge on any atom is 0.119 e. The molecule has 0 unspecified atom stereocenters. The van der Waals surface area contributed by atoms with Crippen molar-refractivity contribution in [3.8, 4) is 5.75 Å². The van der Waals surface area contributed by atoms with Gasteiger partial charge in [0, 0.05) is 18.7 Å². The van der Waals surface area contributed by atoms with E-state index in [-0.39, 0.29) is 0 Å². The minimum absolute atomic E-state index is 0.793. The minimum Gasteiger partial charge on any atom is -0.497 e. The maximum atomic E-state index is 5.56. The van der Waals surface area contributed by atoms with Crippen LogP contribution in [-0.2, 0) is 19.6 Å². The van der Waals surface area contributed by atoms with Crippen LogP contribution in [0.25, 0.3) is 0 Å². The summed E-state index contributed by atoms with van der Waals surface area (Å²) in [5.74, 6) is 1.88. The van der Waals surface area contributed by atoms with Crippen LogP contribution in [0, 0.1) is 0 Å². The van der Waals surface area contributed by atoms with Crippen LogP contribution in [-0.4, -0.2) is 26.1 Å². The van der Waals surface area contributed by atoms with Crippen molar-refractivity contribution in [1.29, 1.82) is 0 Å². The molecule has 1 aromatic heterocycles. The van der Waals surface area contributed by atoms with Crippen LogP contribution < -0.4 is 10.1 Å². The van der Waals surface area contributed by atoms with Gasteiger partial charge >= 0.3 is 0 Å². The first-order chi connectivity index (χ1) is 9.71. The molecule has 0 radical (unpaired) electrons. The number of hydrogen-bond acceptors (Lipinski definition) is 4. The zero-order valence-corrected chi connectivity index (χ0v) is 12.3. The molecule has 2 rings (SSSR count). The Kier molecular flexibility index (Phi) is 5.21. The Balaban J connectivity index is 1.92. The van der Waals surface area contributed by atoms with Crippen LogP contribution in [0.2, 0.25) is 0 Å². The van der Waals surface area contributed by atoms with Crippen LogP contribution in [0.1, 0.15) is 16.9 Å². The second-order valence-corrected chi connectivity index (χ2v) is 4.98. The van der Waals surface area contributed by atoms with Gasteiger partial charge in [0.05, 0.1) is 19.9 Å². The molecule has 0 amide bonds. The van der Waals surface area contributed by atoms with Gasteiger partial charge in [-0.05, 0) is 37.9 Å². The van der Waals surface area contributed by atoms with Crippen molar-refractivity contribution >= 4 is 0 Å². The highest BCUT2D eigenvalue weighted by Gasteiger charge is 2.06. The average molecular weight is 274 g/mol. The standard InChI is InChI=1S/C16H22N2O2/c1-17-9-14-8-16(20-12-14)11-18(2)10-13-5-4-6-15(7-13)19-3/h4-8,12,17H,9-11H2,1-3H3. The number of rotatable bonds is 7. The lowest BCUT2D eigenvalue weighted by atomic mass is 10.2. The van der Waals surface area contributed by atoms with Crippen LogP contribution in [0.15, 0.2) is 41.0 Å². The molecule has 0 atom stereocenters. The Hall–Kier alpha value is -1.78. The van der Waals surface area contributed by atoms with Gasteiger partial charge in [-0.15, -0.1) is 0 Å². The Labute approximate surface area is 120 Å². The Bertz CT molecular complexity index is 537. The summed E-state index contributed by atoms with van der Waals surface area (Å²) in [5, 5.41) is 3.12. The molecule has 0 saturated heterocycles. The van der Waals surface area contributed by atoms with Crippen molar-refractivity contribution in [2.45, 2.75) is 19.6 Å². The zero-order chi connectivity index (χ0) is 14.4. The molecule has 108 valence electrons. The van der Waals surface area contributed by atoms with Crippen LogP contribution in [0.5, 0.6) is 5.75 Å². The lowest BCUT2D eigenvalue weighted by Crippen LogP contribution is -2.16. The fourth-order valence-corrected chi connectivity index (χ4v) is 2.21. The van der Waals surface area contributed by atoms with Gasteiger partial charge in [-0.3, -0.25) is 4.90 Å². The molecule has 1 N–H and O–H groups in total. The lowest BCUT2D eigenvalue weighted by molar-refractivity contribution is 0.287. The number of methoxy groups -OCH3 is 1. The molecule has 0 saturated carbocycles. The second kappa shape index (κ2) is 7.12. The van der Waals surface area contributed by atoms with E-state index in [1.807, 2.05) is 25.4 Å². The van der Waals surface area contributed by atoms with E-state index >= 15 is 0 Å². The number of nitrogens with one attached hydrogen (secondary N) is 1. The number of ether oxygens (including phenoxy) is 1. The fraction of sp³-hybridized carbons (Fsp3) is 0.375. The molecule has 4 nitrogen and oxygen atoms in total. The summed E-state index contributed by atoms with van der Waals surface area (Å²) in [5.41, 5.74) is 2.41. The fourth-order valence-electron chi connectivity index (χ4n) is 2.21. The quantitative estimate of drug-likeness (QED) is 0.842. The van der Waals surface area contributed by atoms with Crippen molar-refractivity contribution in [3.63, 3.8) is 0 Å². The van der Waals surface area contributed by atoms with Gasteiger partial charge in [0.15, 0.2) is 0 Å². The molecule has 0 fully saturated rings. The molecule has 4 heteroatoms. The summed E-state index contributed by atoms with van der Waals surface area (Å²) in [4.78, 5) is 2.22. The van der Waals surface area contributed by atoms with Gasteiger partial charge in [-0.1, -0.05) is 12.1 Å². The molecular weight excluding hydrogens is 252 g/mol. The van der Waals surface area contributed by atoms with E-state index in [9.17, 15) is 0 Å². The van der Waals surface area contributed by atoms with Crippen molar-refractivity contribution in [2.75, 3.05) is 21.2 Å². The predicted molar refractivity (Wildman–Crippen MR) is 79.6 cm³/mol. The molecule has 0 aliphatic rings. The van der Waals surface area contributed by atoms with Crippen molar-refractivity contribution in [2.24, 2.45) is 0 Å². The summed E-state index contributed by atoms with van der Waals surface area (Å²) < 4.78 is 10.8. The minimum atomic E-state index is 0.793. The van der Waals surface area contributed by atoms with Gasteiger partial charge in [0.1, 0.15) is 11.5 Å². The highest BCUT2D eigenvalue weighted by atomic mass is 16.5. The van der Waals surface area contributed by atoms with Gasteiger partial charge < -0.3 is 14.5 Å². The lowest BCUT2D eigenvalue weighted by Gasteiger charge is -2.15. The number of hydrogen-bond donors (Lipinski definition) is 1. The van der Waals surface area contributed by atoms with Gasteiger partial charge in [0.2, 0.25) is 0 Å². The largest absolute Gasteiger partial charge is 0.497 e. The predicted octanol–water partition coefficient (Wildman–Crippen LogP) is 2.64. The summed E-state index contributed by atoms with van der Waals surface area (Å²) in [6.07, 6.45) is 1.81. The van der Waals surface area contributed by atoms with Crippen LogP contribution in [0.3, 0.4) is 0 Å². The van der Waals surface area contributed by atoms with E-state index in [0.717, 1.165) is 31.1 Å². The Morgan fingerprint density at radius 3 is 2.80 bits per heavy atom. The molecule has 1 aromatic carbocycles. The zero-order valence-electron chi connectivity index (χ0n) is 12.3. The van der Waals surface area contributed by atoms with Crippen molar-refractivity contribution < 1.29 is 9.15 Å². The first-order valence-corrected chi connectivity index (χ1v) is 6.73. The van der Waals surface area contributed by atoms with Crippen molar-refractivity contribution in [1.82, 2.24) is 10.2 Å². The highest BCUT2D eigenvalue weighted by molar-refractivity contribution is 5.28. The van der Waals surface area contributed by atoms with E-state index < -0.39 is 0 Å². The third-order valence-electron chi connectivity index (χ3n) is 3.10. The molecule has 1 heterocycles. The first kappa shape index (κ1) is 14.6. The molecule has 20 heavy (non-hydrogen) atoms. The van der Waals surface area contributed by atoms with E-state index in [1.165, 1.54) is 11.1 Å². The van der Waals surface area contributed by atoms with Crippen LogP contribution >= 0.6 is 0 Å². The van der Waals surface area contributed by atoms with Gasteiger partial charge in [-0.25, -0.2) is 0 Å². The Morgan fingerprint density at radius 2 is 2.05 bits per heavy atom. The van der Waals surface area contributed by atoms with Crippen molar-refractivity contribution in [3.05, 3.63) is 53.5 Å². The molecule has 0 spiro atoms. The van der Waals surface area contributed by atoms with E-state index in [1.54, 1.807) is 7.11 Å². The molecule has 0 aliphatic heterocycles. The third-order valence-corrected chi connectivity index (χ3v) is 3.10. The monoisotopic (exact) mass is 274 g/mol. The number of benzene rings is 1. The normalized spacial score (nSPS) is 11.0. The second-order valence-electron chi connectivity index (χ2n) is 4.98. The maximum absolute atomic E-state index is 5.56. The van der Waals surface area contributed by atoms with Gasteiger partial charge in [0.25, 0.3) is 0 Å². The summed E-state index contributed by atoms with van der Waals surface area (Å²) in [7, 11) is 5.70. The summed E-state index contributed by atoms with van der Waals surface area (Å²) in [6, 6.07) is 10.2. The topological polar surface area (TPSA) is 37.6 Å². The highest BCUT2D eigenvalue weighted by Crippen LogP contribution is 2.16. The number of furan rings is 1. The Morgan fingerprint density at radius 1 is 1.20 bits per heavy atom. The molecular formula is C16H22N2O2. The smallest absolute Gasteiger partial charge is 0.119 e. The average Bonchev–Trinajstić information content (AvgIpc) is 2.86. The first-order valence-electron chi connectivity index (χ1n) is 6.73.